The van der Waals surface area contributed by atoms with Gasteiger partial charge in [0.25, 0.3) is 5.56 Å². The van der Waals surface area contributed by atoms with Gasteiger partial charge in [0.05, 0.1) is 18.0 Å². The van der Waals surface area contributed by atoms with Crippen molar-refractivity contribution in [1.82, 2.24) is 14.5 Å². The smallest absolute Gasteiger partial charge is 0.293 e. The van der Waals surface area contributed by atoms with E-state index < -0.39 is 0 Å². The van der Waals surface area contributed by atoms with E-state index in [0.29, 0.717) is 22.4 Å². The Balaban J connectivity index is 1.48. The number of anilines is 4. The van der Waals surface area contributed by atoms with Crippen LogP contribution >= 0.6 is 15.9 Å². The van der Waals surface area contributed by atoms with Crippen molar-refractivity contribution < 1.29 is 4.74 Å². The number of hydrogen-bond donors (Lipinski definition) is 2. The first-order chi connectivity index (χ1) is 13.9. The average molecular weight is 463 g/mol. The quantitative estimate of drug-likeness (QED) is 0.672. The number of ether oxygens (including phenoxy) is 1. The lowest BCUT2D eigenvalue weighted by atomic mass is 10.1. The molecule has 9 heteroatoms. The first-order valence-electron chi connectivity index (χ1n) is 9.90. The molecule has 2 saturated heterocycles. The number of piperazine rings is 1. The summed E-state index contributed by atoms with van der Waals surface area (Å²) in [7, 11) is 1.69. The van der Waals surface area contributed by atoms with E-state index in [-0.39, 0.29) is 11.4 Å². The van der Waals surface area contributed by atoms with E-state index in [1.54, 1.807) is 13.2 Å². The minimum Gasteiger partial charge on any atom is -0.397 e. The number of aryl methyl sites for hydroxylation is 1. The second kappa shape index (κ2) is 8.33. The van der Waals surface area contributed by atoms with Gasteiger partial charge in [-0.25, -0.2) is 4.98 Å². The largest absolute Gasteiger partial charge is 0.397 e. The van der Waals surface area contributed by atoms with Gasteiger partial charge in [0.1, 0.15) is 4.60 Å². The number of nitrogens with one attached hydrogen (secondary N) is 1. The molecule has 0 aliphatic carbocycles. The van der Waals surface area contributed by atoms with Crippen LogP contribution in [0.15, 0.2) is 33.8 Å². The molecule has 0 amide bonds. The Kier molecular flexibility index (Phi) is 5.80. The Morgan fingerprint density at radius 2 is 2.17 bits per heavy atom. The second-order valence-corrected chi connectivity index (χ2v) is 8.59. The topological polar surface area (TPSA) is 88.7 Å². The van der Waals surface area contributed by atoms with Crippen LogP contribution in [-0.4, -0.2) is 59.4 Å². The van der Waals surface area contributed by atoms with Gasteiger partial charge in [-0.2, -0.15) is 0 Å². The molecule has 2 aromatic rings. The van der Waals surface area contributed by atoms with E-state index in [0.717, 1.165) is 50.6 Å². The molecular formula is C20H27BrN6O2. The summed E-state index contributed by atoms with van der Waals surface area (Å²) in [6, 6.07) is 6.73. The van der Waals surface area contributed by atoms with E-state index in [2.05, 4.69) is 43.0 Å². The van der Waals surface area contributed by atoms with Crippen LogP contribution in [0.3, 0.4) is 0 Å². The van der Waals surface area contributed by atoms with Gasteiger partial charge in [0.15, 0.2) is 5.82 Å². The number of rotatable bonds is 4. The molecule has 0 bridgehead atoms. The predicted molar refractivity (Wildman–Crippen MR) is 119 cm³/mol. The van der Waals surface area contributed by atoms with Crippen molar-refractivity contribution in [3.8, 4) is 0 Å². The standard InChI is InChI=1S/C20H27BrN6O2/c1-13-10-26(15-5-8-29-12-15)6-7-27(13)17-4-3-14(9-16(17)22)23-19-20(28)25(2)11-18(21)24-19/h3-4,9,11,13,15H,5-8,10,12,22H2,1-2H3,(H,23,24)/t13-,15?/m0/s1. The summed E-state index contributed by atoms with van der Waals surface area (Å²) in [5.41, 5.74) is 8.65. The van der Waals surface area contributed by atoms with Crippen LogP contribution < -0.4 is 21.5 Å². The Bertz CT molecular complexity index is 943. The lowest BCUT2D eigenvalue weighted by molar-refractivity contribution is 0.129. The number of nitrogen functional groups attached to an aromatic ring is 1. The monoisotopic (exact) mass is 462 g/mol. The van der Waals surface area contributed by atoms with Crippen LogP contribution in [0.4, 0.5) is 22.9 Å². The van der Waals surface area contributed by atoms with Crippen LogP contribution in [0.2, 0.25) is 0 Å². The van der Waals surface area contributed by atoms with Crippen molar-refractivity contribution in [2.45, 2.75) is 25.4 Å². The highest BCUT2D eigenvalue weighted by atomic mass is 79.9. The number of nitrogens with zero attached hydrogens (tertiary/aromatic N) is 4. The van der Waals surface area contributed by atoms with Gasteiger partial charge >= 0.3 is 0 Å². The molecule has 0 radical (unpaired) electrons. The zero-order valence-corrected chi connectivity index (χ0v) is 18.4. The Hall–Kier alpha value is -2.10. The van der Waals surface area contributed by atoms with Gasteiger partial charge in [-0.05, 0) is 47.5 Å². The summed E-state index contributed by atoms with van der Waals surface area (Å²) >= 11 is 3.32. The fraction of sp³-hybridized carbons (Fsp3) is 0.500. The average Bonchev–Trinajstić information content (AvgIpc) is 3.21. The van der Waals surface area contributed by atoms with E-state index in [1.165, 1.54) is 4.57 Å². The first-order valence-corrected chi connectivity index (χ1v) is 10.7. The number of halogens is 1. The van der Waals surface area contributed by atoms with Gasteiger partial charge in [0, 0.05) is 57.3 Å². The van der Waals surface area contributed by atoms with Crippen molar-refractivity contribution >= 4 is 38.8 Å². The summed E-state index contributed by atoms with van der Waals surface area (Å²) in [4.78, 5) is 21.4. The van der Waals surface area contributed by atoms with E-state index in [1.807, 2.05) is 18.2 Å². The molecule has 2 atom stereocenters. The van der Waals surface area contributed by atoms with Gasteiger partial charge in [-0.15, -0.1) is 0 Å². The maximum Gasteiger partial charge on any atom is 0.293 e. The molecule has 0 saturated carbocycles. The molecule has 2 aliphatic heterocycles. The van der Waals surface area contributed by atoms with Crippen LogP contribution in [0, 0.1) is 0 Å². The number of hydrogen-bond acceptors (Lipinski definition) is 7. The molecule has 2 aliphatic rings. The minimum absolute atomic E-state index is 0.198. The highest BCUT2D eigenvalue weighted by molar-refractivity contribution is 9.10. The molecule has 1 aromatic carbocycles. The minimum atomic E-state index is -0.198. The lowest BCUT2D eigenvalue weighted by Gasteiger charge is -2.43. The Morgan fingerprint density at radius 3 is 2.86 bits per heavy atom. The maximum atomic E-state index is 12.3. The molecule has 0 spiro atoms. The molecule has 1 unspecified atom stereocenters. The molecule has 2 fully saturated rings. The fourth-order valence-electron chi connectivity index (χ4n) is 4.17. The van der Waals surface area contributed by atoms with Crippen molar-refractivity contribution in [3.63, 3.8) is 0 Å². The summed E-state index contributed by atoms with van der Waals surface area (Å²) in [6.45, 7) is 6.90. The highest BCUT2D eigenvalue weighted by Gasteiger charge is 2.31. The van der Waals surface area contributed by atoms with Crippen LogP contribution in [0.1, 0.15) is 13.3 Å². The second-order valence-electron chi connectivity index (χ2n) is 7.78. The van der Waals surface area contributed by atoms with Crippen LogP contribution in [-0.2, 0) is 11.8 Å². The van der Waals surface area contributed by atoms with Gasteiger partial charge < -0.3 is 25.3 Å². The third-order valence-electron chi connectivity index (χ3n) is 5.72. The summed E-state index contributed by atoms with van der Waals surface area (Å²) < 4.78 is 7.62. The fourth-order valence-corrected chi connectivity index (χ4v) is 4.65. The van der Waals surface area contributed by atoms with E-state index in [4.69, 9.17) is 10.5 Å². The first kappa shape index (κ1) is 20.2. The normalized spacial score (nSPS) is 22.8. The summed E-state index contributed by atoms with van der Waals surface area (Å²) in [6.07, 6.45) is 2.75. The molecule has 29 heavy (non-hydrogen) atoms. The van der Waals surface area contributed by atoms with Gasteiger partial charge in [-0.1, -0.05) is 0 Å². The molecule has 3 heterocycles. The molecule has 156 valence electrons. The van der Waals surface area contributed by atoms with Crippen molar-refractivity contribution in [2.75, 3.05) is 48.8 Å². The van der Waals surface area contributed by atoms with Crippen molar-refractivity contribution in [3.05, 3.63) is 39.4 Å². The molecule has 1 aromatic heterocycles. The summed E-state index contributed by atoms with van der Waals surface area (Å²) in [5, 5.41) is 3.09. The Labute approximate surface area is 178 Å². The molecule has 3 N–H and O–H groups in total. The third-order valence-corrected chi connectivity index (χ3v) is 6.10. The molecular weight excluding hydrogens is 436 g/mol. The maximum absolute atomic E-state index is 12.3. The number of benzene rings is 1. The molecule has 4 rings (SSSR count). The van der Waals surface area contributed by atoms with E-state index in [9.17, 15) is 4.79 Å². The Morgan fingerprint density at radius 1 is 1.34 bits per heavy atom. The number of nitrogens with two attached hydrogens (primary N) is 1. The van der Waals surface area contributed by atoms with Gasteiger partial charge in [-0.3, -0.25) is 9.69 Å². The van der Waals surface area contributed by atoms with Gasteiger partial charge in [0.2, 0.25) is 0 Å². The highest BCUT2D eigenvalue weighted by Crippen LogP contribution is 2.31. The third kappa shape index (κ3) is 4.26. The van der Waals surface area contributed by atoms with Crippen molar-refractivity contribution in [1.29, 1.82) is 0 Å². The summed E-state index contributed by atoms with van der Waals surface area (Å²) in [5.74, 6) is 0.259. The van der Waals surface area contributed by atoms with E-state index >= 15 is 0 Å². The predicted octanol–water partition coefficient (Wildman–Crippen LogP) is 2.17. The van der Waals surface area contributed by atoms with Crippen LogP contribution in [0.25, 0.3) is 0 Å². The zero-order chi connectivity index (χ0) is 20.5. The zero-order valence-electron chi connectivity index (χ0n) is 16.8. The molecule has 8 nitrogen and oxygen atoms in total. The number of aromatic nitrogens is 2. The SMILES string of the molecule is C[C@H]1CN(C2CCOC2)CCN1c1ccc(Nc2nc(Br)cn(C)c2=O)cc1N. The van der Waals surface area contributed by atoms with Crippen molar-refractivity contribution in [2.24, 2.45) is 7.05 Å². The lowest BCUT2D eigenvalue weighted by Crippen LogP contribution is -2.55. The van der Waals surface area contributed by atoms with Crippen LogP contribution in [0.5, 0.6) is 0 Å².